The lowest BCUT2D eigenvalue weighted by Gasteiger charge is -2.13. The van der Waals surface area contributed by atoms with Crippen molar-refractivity contribution in [3.05, 3.63) is 58.7 Å². The molecule has 0 aliphatic heterocycles. The van der Waals surface area contributed by atoms with Gasteiger partial charge in [0, 0.05) is 0 Å². The Bertz CT molecular complexity index is 858. The minimum Gasteiger partial charge on any atom is -0.286 e. The standard InChI is InChI=1S/C25H32N2O/c1-15(2)21-13-9-11-17(5)23(21)26-19(7)25(28)20(8)27-24-18(6)12-10-14-22(24)16(3)4/h9-16H,1-8H3. The summed E-state index contributed by atoms with van der Waals surface area (Å²) < 4.78 is 0. The fraction of sp³-hybridized carbons (Fsp3) is 0.400. The van der Waals surface area contributed by atoms with Gasteiger partial charge in [0.15, 0.2) is 0 Å². The zero-order chi connectivity index (χ0) is 21.0. The van der Waals surface area contributed by atoms with Crippen molar-refractivity contribution in [1.29, 1.82) is 0 Å². The van der Waals surface area contributed by atoms with Gasteiger partial charge in [-0.3, -0.25) is 4.79 Å². The molecular formula is C25H32N2O. The largest absolute Gasteiger partial charge is 0.286 e. The van der Waals surface area contributed by atoms with E-state index < -0.39 is 0 Å². The van der Waals surface area contributed by atoms with E-state index in [0.29, 0.717) is 23.3 Å². The summed E-state index contributed by atoms with van der Waals surface area (Å²) in [5.74, 6) is 0.574. The zero-order valence-corrected chi connectivity index (χ0v) is 18.4. The van der Waals surface area contributed by atoms with Crippen molar-refractivity contribution in [3.8, 4) is 0 Å². The van der Waals surface area contributed by atoms with E-state index >= 15 is 0 Å². The second-order valence-electron chi connectivity index (χ2n) is 8.06. The van der Waals surface area contributed by atoms with E-state index in [0.717, 1.165) is 33.6 Å². The van der Waals surface area contributed by atoms with Crippen LogP contribution >= 0.6 is 0 Å². The number of rotatable bonds is 6. The maximum absolute atomic E-state index is 13.0. The van der Waals surface area contributed by atoms with Gasteiger partial charge in [0.25, 0.3) is 0 Å². The van der Waals surface area contributed by atoms with Crippen LogP contribution < -0.4 is 0 Å². The second-order valence-corrected chi connectivity index (χ2v) is 8.06. The molecule has 0 atom stereocenters. The predicted octanol–water partition coefficient (Wildman–Crippen LogP) is 7.00. The highest BCUT2D eigenvalue weighted by atomic mass is 16.1. The first-order valence-electron chi connectivity index (χ1n) is 9.97. The fourth-order valence-electron chi connectivity index (χ4n) is 3.30. The number of hydrogen-bond acceptors (Lipinski definition) is 3. The molecule has 0 radical (unpaired) electrons. The molecule has 0 saturated heterocycles. The van der Waals surface area contributed by atoms with E-state index in [4.69, 9.17) is 9.98 Å². The zero-order valence-electron chi connectivity index (χ0n) is 18.4. The van der Waals surface area contributed by atoms with Crippen LogP contribution in [-0.2, 0) is 4.79 Å². The lowest BCUT2D eigenvalue weighted by molar-refractivity contribution is -0.107. The average Bonchev–Trinajstić information content (AvgIpc) is 2.63. The van der Waals surface area contributed by atoms with Crippen LogP contribution in [0.2, 0.25) is 0 Å². The fourth-order valence-corrected chi connectivity index (χ4v) is 3.30. The molecule has 0 aliphatic carbocycles. The topological polar surface area (TPSA) is 41.8 Å². The molecule has 2 rings (SSSR count). The third-order valence-corrected chi connectivity index (χ3v) is 5.00. The predicted molar refractivity (Wildman–Crippen MR) is 121 cm³/mol. The molecule has 3 heteroatoms. The van der Waals surface area contributed by atoms with Gasteiger partial charge in [-0.15, -0.1) is 0 Å². The lowest BCUT2D eigenvalue weighted by Crippen LogP contribution is -2.19. The highest BCUT2D eigenvalue weighted by molar-refractivity contribution is 6.66. The van der Waals surface area contributed by atoms with Crippen LogP contribution in [0.25, 0.3) is 0 Å². The Morgan fingerprint density at radius 3 is 1.39 bits per heavy atom. The van der Waals surface area contributed by atoms with Gasteiger partial charge in [-0.05, 0) is 61.8 Å². The number of aryl methyl sites for hydroxylation is 2. The van der Waals surface area contributed by atoms with Crippen LogP contribution in [-0.4, -0.2) is 17.2 Å². The van der Waals surface area contributed by atoms with Gasteiger partial charge in [-0.25, -0.2) is 9.98 Å². The van der Waals surface area contributed by atoms with Crippen molar-refractivity contribution in [2.45, 2.75) is 67.2 Å². The molecule has 0 unspecified atom stereocenters. The third kappa shape index (κ3) is 4.83. The minimum atomic E-state index is -0.115. The SMILES string of the molecule is CC(=Nc1c(C)cccc1C(C)C)C(=O)C(C)=Nc1c(C)cccc1C(C)C. The molecular weight excluding hydrogens is 344 g/mol. The van der Waals surface area contributed by atoms with E-state index in [1.54, 1.807) is 13.8 Å². The molecule has 0 aliphatic rings. The number of benzene rings is 2. The normalized spacial score (nSPS) is 12.8. The Morgan fingerprint density at radius 1 is 0.714 bits per heavy atom. The number of Topliss-reactive ketones (excluding diaryl/α,β-unsaturated/α-hetero) is 1. The lowest BCUT2D eigenvalue weighted by atomic mass is 9.98. The van der Waals surface area contributed by atoms with Crippen LogP contribution in [0.15, 0.2) is 46.4 Å². The van der Waals surface area contributed by atoms with Crippen LogP contribution in [0.4, 0.5) is 11.4 Å². The molecule has 148 valence electrons. The molecule has 0 fully saturated rings. The summed E-state index contributed by atoms with van der Waals surface area (Å²) in [5, 5.41) is 0. The molecule has 28 heavy (non-hydrogen) atoms. The van der Waals surface area contributed by atoms with Gasteiger partial charge in [-0.1, -0.05) is 64.1 Å². The number of para-hydroxylation sites is 2. The Balaban J connectivity index is 2.45. The maximum Gasteiger partial charge on any atom is 0.220 e. The highest BCUT2D eigenvalue weighted by Gasteiger charge is 2.16. The molecule has 0 amide bonds. The summed E-state index contributed by atoms with van der Waals surface area (Å²) in [6, 6.07) is 12.3. The summed E-state index contributed by atoms with van der Waals surface area (Å²) in [6.07, 6.45) is 0. The molecule has 0 bridgehead atoms. The monoisotopic (exact) mass is 376 g/mol. The number of nitrogens with zero attached hydrogens (tertiary/aromatic N) is 2. The molecule has 3 nitrogen and oxygen atoms in total. The van der Waals surface area contributed by atoms with Gasteiger partial charge in [0.2, 0.25) is 5.78 Å². The number of aliphatic imine (C=N–C) groups is 2. The van der Waals surface area contributed by atoms with E-state index in [9.17, 15) is 4.79 Å². The van der Waals surface area contributed by atoms with E-state index in [2.05, 4.69) is 39.8 Å². The number of ketones is 1. The van der Waals surface area contributed by atoms with Crippen molar-refractivity contribution in [1.82, 2.24) is 0 Å². The Kier molecular flexibility index (Phi) is 7.06. The first-order valence-corrected chi connectivity index (χ1v) is 9.97. The highest BCUT2D eigenvalue weighted by Crippen LogP contribution is 2.31. The minimum absolute atomic E-state index is 0.115. The summed E-state index contributed by atoms with van der Waals surface area (Å²) >= 11 is 0. The van der Waals surface area contributed by atoms with E-state index in [1.165, 1.54) is 0 Å². The van der Waals surface area contributed by atoms with Crippen molar-refractivity contribution < 1.29 is 4.79 Å². The number of carbonyl (C=O) groups excluding carboxylic acids is 1. The number of carbonyl (C=O) groups is 1. The summed E-state index contributed by atoms with van der Waals surface area (Å²) in [5.41, 5.74) is 7.20. The van der Waals surface area contributed by atoms with Crippen molar-refractivity contribution in [2.75, 3.05) is 0 Å². The van der Waals surface area contributed by atoms with Gasteiger partial charge < -0.3 is 0 Å². The van der Waals surface area contributed by atoms with E-state index in [1.807, 2.05) is 38.1 Å². The van der Waals surface area contributed by atoms with Crippen molar-refractivity contribution in [2.24, 2.45) is 9.98 Å². The summed E-state index contributed by atoms with van der Waals surface area (Å²) in [7, 11) is 0. The van der Waals surface area contributed by atoms with Gasteiger partial charge in [0.1, 0.15) is 0 Å². The van der Waals surface area contributed by atoms with Crippen LogP contribution in [0, 0.1) is 13.8 Å². The first kappa shape index (κ1) is 21.7. The van der Waals surface area contributed by atoms with Crippen molar-refractivity contribution >= 4 is 28.6 Å². The Morgan fingerprint density at radius 2 is 1.07 bits per heavy atom. The first-order chi connectivity index (χ1) is 13.1. The molecule has 0 heterocycles. The van der Waals surface area contributed by atoms with Gasteiger partial charge in [0.05, 0.1) is 22.8 Å². The molecule has 2 aromatic carbocycles. The quantitative estimate of drug-likeness (QED) is 0.500. The van der Waals surface area contributed by atoms with Crippen LogP contribution in [0.5, 0.6) is 0 Å². The maximum atomic E-state index is 13.0. The molecule has 0 aromatic heterocycles. The molecule has 0 saturated carbocycles. The van der Waals surface area contributed by atoms with Gasteiger partial charge >= 0.3 is 0 Å². The number of hydrogen-bond donors (Lipinski definition) is 0. The molecule has 2 aromatic rings. The summed E-state index contributed by atoms with van der Waals surface area (Å²) in [4.78, 5) is 22.4. The van der Waals surface area contributed by atoms with Crippen molar-refractivity contribution in [3.63, 3.8) is 0 Å². The second kappa shape index (κ2) is 9.09. The molecule has 0 N–H and O–H groups in total. The average molecular weight is 377 g/mol. The van der Waals surface area contributed by atoms with E-state index in [-0.39, 0.29) is 5.78 Å². The Hall–Kier alpha value is -2.55. The third-order valence-electron chi connectivity index (χ3n) is 5.00. The summed E-state index contributed by atoms with van der Waals surface area (Å²) in [6.45, 7) is 16.2. The van der Waals surface area contributed by atoms with Gasteiger partial charge in [-0.2, -0.15) is 0 Å². The smallest absolute Gasteiger partial charge is 0.220 e. The van der Waals surface area contributed by atoms with Crippen LogP contribution in [0.1, 0.15) is 75.6 Å². The molecule has 0 spiro atoms. The Labute approximate surface area is 169 Å². The van der Waals surface area contributed by atoms with Crippen LogP contribution in [0.3, 0.4) is 0 Å².